The summed E-state index contributed by atoms with van der Waals surface area (Å²) in [5, 5.41) is 13.0. The van der Waals surface area contributed by atoms with Crippen molar-refractivity contribution in [3.05, 3.63) is 0 Å². The Morgan fingerprint density at radius 2 is 2.40 bits per heavy atom. The molecule has 2 fully saturated rings. The summed E-state index contributed by atoms with van der Waals surface area (Å²) < 4.78 is 0. The first-order valence-electron chi connectivity index (χ1n) is 6.20. The zero-order valence-electron chi connectivity index (χ0n) is 10.00. The molecule has 0 amide bonds. The van der Waals surface area contributed by atoms with Gasteiger partial charge in [0.2, 0.25) is 0 Å². The molecule has 15 heavy (non-hydrogen) atoms. The predicted molar refractivity (Wildman–Crippen MR) is 61.8 cm³/mol. The minimum Gasteiger partial charge on any atom is -0.393 e. The lowest BCUT2D eigenvalue weighted by molar-refractivity contribution is 0.121. The van der Waals surface area contributed by atoms with Crippen LogP contribution in [0.15, 0.2) is 0 Å². The molecule has 0 aliphatic carbocycles. The second-order valence-corrected chi connectivity index (χ2v) is 5.76. The molecule has 2 rings (SSSR count). The van der Waals surface area contributed by atoms with Crippen LogP contribution in [0.1, 0.15) is 26.7 Å². The highest BCUT2D eigenvalue weighted by molar-refractivity contribution is 4.89. The van der Waals surface area contributed by atoms with Gasteiger partial charge in [-0.1, -0.05) is 6.92 Å². The number of likely N-dealkylation sites (tertiary alicyclic amines) is 1. The van der Waals surface area contributed by atoms with Crippen molar-refractivity contribution in [3.8, 4) is 0 Å². The Morgan fingerprint density at radius 3 is 2.93 bits per heavy atom. The summed E-state index contributed by atoms with van der Waals surface area (Å²) in [7, 11) is 0. The van der Waals surface area contributed by atoms with Crippen molar-refractivity contribution in [2.75, 3.05) is 32.7 Å². The van der Waals surface area contributed by atoms with Crippen LogP contribution in [-0.4, -0.2) is 48.8 Å². The molecule has 3 nitrogen and oxygen atoms in total. The molecule has 0 aromatic heterocycles. The Hall–Kier alpha value is -0.120. The molecule has 2 saturated heterocycles. The van der Waals surface area contributed by atoms with E-state index in [1.54, 1.807) is 0 Å². The Balaban J connectivity index is 1.81. The lowest BCUT2D eigenvalue weighted by Gasteiger charge is -2.29. The molecular weight excluding hydrogens is 188 g/mol. The molecule has 3 unspecified atom stereocenters. The van der Waals surface area contributed by atoms with Crippen molar-refractivity contribution < 1.29 is 5.11 Å². The molecule has 88 valence electrons. The molecular formula is C12H24N2O. The van der Waals surface area contributed by atoms with Gasteiger partial charge in [-0.25, -0.2) is 0 Å². The van der Waals surface area contributed by atoms with Crippen LogP contribution >= 0.6 is 0 Å². The van der Waals surface area contributed by atoms with Crippen LogP contribution in [0.2, 0.25) is 0 Å². The molecule has 2 aliphatic heterocycles. The summed E-state index contributed by atoms with van der Waals surface area (Å²) in [5.74, 6) is 0.503. The van der Waals surface area contributed by atoms with E-state index < -0.39 is 0 Å². The quantitative estimate of drug-likeness (QED) is 0.722. The maximum Gasteiger partial charge on any atom is 0.0552 e. The van der Waals surface area contributed by atoms with Crippen molar-refractivity contribution in [1.29, 1.82) is 0 Å². The predicted octanol–water partition coefficient (Wildman–Crippen LogP) is 0.689. The highest BCUT2D eigenvalue weighted by Crippen LogP contribution is 2.29. The van der Waals surface area contributed by atoms with Crippen LogP contribution < -0.4 is 5.32 Å². The largest absolute Gasteiger partial charge is 0.393 e. The van der Waals surface area contributed by atoms with Crippen LogP contribution in [0.4, 0.5) is 0 Å². The molecule has 2 heterocycles. The smallest absolute Gasteiger partial charge is 0.0552 e. The molecule has 2 N–H and O–H groups in total. The maximum atomic E-state index is 9.56. The van der Waals surface area contributed by atoms with E-state index in [4.69, 9.17) is 0 Å². The number of aliphatic hydroxyl groups excluding tert-OH is 1. The van der Waals surface area contributed by atoms with Gasteiger partial charge in [-0.3, -0.25) is 0 Å². The number of hydrogen-bond acceptors (Lipinski definition) is 3. The van der Waals surface area contributed by atoms with Crippen LogP contribution in [0.5, 0.6) is 0 Å². The normalized spacial score (nSPS) is 39.8. The first kappa shape index (κ1) is 11.4. The number of aliphatic hydroxyl groups is 1. The first-order valence-corrected chi connectivity index (χ1v) is 6.20. The fourth-order valence-corrected chi connectivity index (χ4v) is 2.94. The zero-order valence-corrected chi connectivity index (χ0v) is 10.00. The monoisotopic (exact) mass is 212 g/mol. The van der Waals surface area contributed by atoms with E-state index in [0.717, 1.165) is 13.1 Å². The minimum absolute atomic E-state index is 0.135. The van der Waals surface area contributed by atoms with Crippen LogP contribution in [-0.2, 0) is 0 Å². The standard InChI is InChI=1S/C12H24N2O/c1-10(15)11-3-6-14(7-11)9-12(2)4-5-13-8-12/h10-11,13,15H,3-9H2,1-2H3. The van der Waals surface area contributed by atoms with Crippen LogP contribution in [0, 0.1) is 11.3 Å². The minimum atomic E-state index is -0.135. The van der Waals surface area contributed by atoms with Gasteiger partial charge in [0.25, 0.3) is 0 Å². The number of nitrogens with zero attached hydrogens (tertiary/aromatic N) is 1. The van der Waals surface area contributed by atoms with E-state index in [9.17, 15) is 5.11 Å². The van der Waals surface area contributed by atoms with Crippen molar-refractivity contribution >= 4 is 0 Å². The zero-order chi connectivity index (χ0) is 10.9. The average Bonchev–Trinajstić information content (AvgIpc) is 2.75. The van der Waals surface area contributed by atoms with E-state index in [-0.39, 0.29) is 6.10 Å². The SMILES string of the molecule is CC(O)C1CCN(CC2(C)CCNC2)C1. The van der Waals surface area contributed by atoms with Gasteiger partial charge in [0.1, 0.15) is 0 Å². The van der Waals surface area contributed by atoms with Crippen molar-refractivity contribution in [3.63, 3.8) is 0 Å². The van der Waals surface area contributed by atoms with Gasteiger partial charge < -0.3 is 15.3 Å². The Labute approximate surface area is 92.8 Å². The summed E-state index contributed by atoms with van der Waals surface area (Å²) >= 11 is 0. The third-order valence-electron chi connectivity index (χ3n) is 4.05. The Bertz CT molecular complexity index is 212. The third-order valence-corrected chi connectivity index (χ3v) is 4.05. The summed E-state index contributed by atoms with van der Waals surface area (Å²) in [6.07, 6.45) is 2.33. The fraction of sp³-hybridized carbons (Fsp3) is 1.00. The van der Waals surface area contributed by atoms with E-state index in [0.29, 0.717) is 11.3 Å². The van der Waals surface area contributed by atoms with Gasteiger partial charge in [-0.05, 0) is 44.2 Å². The molecule has 0 bridgehead atoms. The van der Waals surface area contributed by atoms with Gasteiger partial charge in [0.05, 0.1) is 6.10 Å². The number of nitrogens with one attached hydrogen (secondary N) is 1. The summed E-state index contributed by atoms with van der Waals surface area (Å²) in [6.45, 7) is 10.1. The van der Waals surface area contributed by atoms with Crippen molar-refractivity contribution in [1.82, 2.24) is 10.2 Å². The second kappa shape index (κ2) is 4.40. The van der Waals surface area contributed by atoms with Crippen molar-refractivity contribution in [2.45, 2.75) is 32.8 Å². The Kier molecular flexibility index (Phi) is 3.33. The maximum absolute atomic E-state index is 9.56. The second-order valence-electron chi connectivity index (χ2n) is 5.76. The van der Waals surface area contributed by atoms with E-state index >= 15 is 0 Å². The molecule has 0 aromatic rings. The molecule has 0 spiro atoms. The van der Waals surface area contributed by atoms with E-state index in [1.807, 2.05) is 6.92 Å². The lowest BCUT2D eigenvalue weighted by Crippen LogP contribution is -2.36. The average molecular weight is 212 g/mol. The Morgan fingerprint density at radius 1 is 1.60 bits per heavy atom. The summed E-state index contributed by atoms with van der Waals surface area (Å²) in [6, 6.07) is 0. The molecule has 0 saturated carbocycles. The molecule has 3 atom stereocenters. The topological polar surface area (TPSA) is 35.5 Å². The highest BCUT2D eigenvalue weighted by Gasteiger charge is 2.34. The van der Waals surface area contributed by atoms with Gasteiger partial charge in [-0.2, -0.15) is 0 Å². The van der Waals surface area contributed by atoms with Gasteiger partial charge in [-0.15, -0.1) is 0 Å². The third kappa shape index (κ3) is 2.71. The molecule has 0 aromatic carbocycles. The molecule has 0 radical (unpaired) electrons. The number of rotatable bonds is 3. The first-order chi connectivity index (χ1) is 7.09. The van der Waals surface area contributed by atoms with Crippen molar-refractivity contribution in [2.24, 2.45) is 11.3 Å². The van der Waals surface area contributed by atoms with Crippen LogP contribution in [0.3, 0.4) is 0 Å². The van der Waals surface area contributed by atoms with E-state index in [1.165, 1.54) is 32.5 Å². The highest BCUT2D eigenvalue weighted by atomic mass is 16.3. The van der Waals surface area contributed by atoms with Gasteiger partial charge in [0.15, 0.2) is 0 Å². The molecule has 2 aliphatic rings. The van der Waals surface area contributed by atoms with Gasteiger partial charge in [0, 0.05) is 19.6 Å². The fourth-order valence-electron chi connectivity index (χ4n) is 2.94. The summed E-state index contributed by atoms with van der Waals surface area (Å²) in [5.41, 5.74) is 0.466. The van der Waals surface area contributed by atoms with Gasteiger partial charge >= 0.3 is 0 Å². The lowest BCUT2D eigenvalue weighted by atomic mass is 9.89. The number of hydrogen-bond donors (Lipinski definition) is 2. The van der Waals surface area contributed by atoms with E-state index in [2.05, 4.69) is 17.1 Å². The molecule has 3 heteroatoms. The van der Waals surface area contributed by atoms with Crippen LogP contribution in [0.25, 0.3) is 0 Å². The summed E-state index contributed by atoms with van der Waals surface area (Å²) in [4.78, 5) is 2.53.